The summed E-state index contributed by atoms with van der Waals surface area (Å²) in [6.45, 7) is 2.03. The highest BCUT2D eigenvalue weighted by atomic mass is 16.2. The molecular weight excluding hydrogens is 364 g/mol. The summed E-state index contributed by atoms with van der Waals surface area (Å²) >= 11 is 0. The van der Waals surface area contributed by atoms with Crippen LogP contribution in [0.3, 0.4) is 0 Å². The van der Waals surface area contributed by atoms with Crippen LogP contribution in [-0.4, -0.2) is 20.9 Å². The number of H-pyrrole nitrogens is 1. The molecule has 0 bridgehead atoms. The van der Waals surface area contributed by atoms with Crippen molar-refractivity contribution in [2.45, 2.75) is 19.4 Å². The molecule has 4 rings (SSSR count). The maximum Gasteiger partial charge on any atom is 0.287 e. The normalized spacial score (nSPS) is 11.9. The second-order valence-electron chi connectivity index (χ2n) is 6.90. The minimum absolute atomic E-state index is 0.0152. The number of aromatic nitrogens is 3. The van der Waals surface area contributed by atoms with Gasteiger partial charge in [0.25, 0.3) is 11.5 Å². The zero-order valence-corrected chi connectivity index (χ0v) is 15.9. The van der Waals surface area contributed by atoms with Crippen LogP contribution in [0.5, 0.6) is 0 Å². The monoisotopic (exact) mass is 384 g/mol. The first-order valence-corrected chi connectivity index (χ1v) is 9.36. The number of benzene rings is 2. The standard InChI is InChI=1S/C23H20N4O2/c1-15-9-11-16(12-10-15)14-20(19-8-4-5-13-24-19)26-23(29)21-25-18-7-3-2-6-17(18)22(28)27-21/h2-13,20H,14H2,1H3,(H,26,29)(H,25,27,28)/t20-/m0/s1. The molecule has 0 saturated heterocycles. The molecule has 2 heterocycles. The summed E-state index contributed by atoms with van der Waals surface area (Å²) in [7, 11) is 0. The van der Waals surface area contributed by atoms with Crippen molar-refractivity contribution in [1.29, 1.82) is 0 Å². The van der Waals surface area contributed by atoms with E-state index in [1.54, 1.807) is 30.5 Å². The van der Waals surface area contributed by atoms with E-state index < -0.39 is 5.91 Å². The molecule has 0 fully saturated rings. The minimum Gasteiger partial charge on any atom is -0.341 e. The summed E-state index contributed by atoms with van der Waals surface area (Å²) in [5.74, 6) is -0.464. The van der Waals surface area contributed by atoms with Crippen molar-refractivity contribution in [1.82, 2.24) is 20.3 Å². The molecule has 29 heavy (non-hydrogen) atoms. The highest BCUT2D eigenvalue weighted by Crippen LogP contribution is 2.18. The number of hydrogen-bond acceptors (Lipinski definition) is 4. The zero-order valence-electron chi connectivity index (χ0n) is 15.9. The second-order valence-corrected chi connectivity index (χ2v) is 6.90. The van der Waals surface area contributed by atoms with E-state index in [1.807, 2.05) is 49.4 Å². The molecule has 6 nitrogen and oxygen atoms in total. The summed E-state index contributed by atoms with van der Waals surface area (Å²) < 4.78 is 0. The third-order valence-electron chi connectivity index (χ3n) is 4.74. The lowest BCUT2D eigenvalue weighted by Crippen LogP contribution is -2.33. The number of aromatic amines is 1. The summed E-state index contributed by atoms with van der Waals surface area (Å²) in [4.78, 5) is 36.5. The molecule has 0 spiro atoms. The predicted octanol–water partition coefficient (Wildman–Crippen LogP) is 3.34. The van der Waals surface area contributed by atoms with E-state index in [9.17, 15) is 9.59 Å². The fraction of sp³-hybridized carbons (Fsp3) is 0.130. The number of amides is 1. The molecule has 1 amide bonds. The Bertz CT molecular complexity index is 1200. The highest BCUT2D eigenvalue weighted by Gasteiger charge is 2.19. The molecule has 0 aliphatic rings. The van der Waals surface area contributed by atoms with Crippen LogP contribution in [0.15, 0.2) is 77.7 Å². The molecule has 0 unspecified atom stereocenters. The first kappa shape index (κ1) is 18.6. The number of carbonyl (C=O) groups excluding carboxylic acids is 1. The quantitative estimate of drug-likeness (QED) is 0.552. The van der Waals surface area contributed by atoms with Crippen LogP contribution in [0.25, 0.3) is 10.9 Å². The Morgan fingerprint density at radius 3 is 2.55 bits per heavy atom. The predicted molar refractivity (Wildman–Crippen MR) is 112 cm³/mol. The van der Waals surface area contributed by atoms with E-state index in [2.05, 4.69) is 20.3 Å². The third kappa shape index (κ3) is 4.21. The molecule has 2 aromatic carbocycles. The Balaban J connectivity index is 1.64. The van der Waals surface area contributed by atoms with Crippen molar-refractivity contribution in [3.8, 4) is 0 Å². The summed E-state index contributed by atoms with van der Waals surface area (Å²) in [6, 6.07) is 20.3. The molecule has 0 aliphatic heterocycles. The van der Waals surface area contributed by atoms with Gasteiger partial charge in [0.1, 0.15) is 0 Å². The third-order valence-corrected chi connectivity index (χ3v) is 4.74. The fourth-order valence-corrected chi connectivity index (χ4v) is 3.19. The highest BCUT2D eigenvalue weighted by molar-refractivity contribution is 5.92. The van der Waals surface area contributed by atoms with Gasteiger partial charge in [-0.1, -0.05) is 48.0 Å². The first-order chi connectivity index (χ1) is 14.1. The van der Waals surface area contributed by atoms with Gasteiger partial charge in [0.15, 0.2) is 5.82 Å². The van der Waals surface area contributed by atoms with Crippen LogP contribution in [-0.2, 0) is 6.42 Å². The van der Waals surface area contributed by atoms with Crippen molar-refractivity contribution in [2.75, 3.05) is 0 Å². The van der Waals surface area contributed by atoms with Gasteiger partial charge in [-0.3, -0.25) is 14.6 Å². The van der Waals surface area contributed by atoms with Crippen LogP contribution in [0.4, 0.5) is 0 Å². The number of hydrogen-bond donors (Lipinski definition) is 2. The van der Waals surface area contributed by atoms with Gasteiger partial charge >= 0.3 is 0 Å². The summed E-state index contributed by atoms with van der Waals surface area (Å²) in [6.07, 6.45) is 2.26. The Morgan fingerprint density at radius 1 is 1.03 bits per heavy atom. The second kappa shape index (κ2) is 8.06. The van der Waals surface area contributed by atoms with Crippen molar-refractivity contribution in [2.24, 2.45) is 0 Å². The van der Waals surface area contributed by atoms with Crippen molar-refractivity contribution < 1.29 is 4.79 Å². The lowest BCUT2D eigenvalue weighted by atomic mass is 10.0. The van der Waals surface area contributed by atoms with E-state index in [0.29, 0.717) is 17.3 Å². The van der Waals surface area contributed by atoms with E-state index >= 15 is 0 Å². The Kier molecular flexibility index (Phi) is 5.16. The van der Waals surface area contributed by atoms with Gasteiger partial charge < -0.3 is 10.3 Å². The maximum atomic E-state index is 12.9. The number of para-hydroxylation sites is 1. The molecule has 144 valence electrons. The van der Waals surface area contributed by atoms with Gasteiger partial charge in [0.05, 0.1) is 22.6 Å². The SMILES string of the molecule is Cc1ccc(C[C@H](NC(=O)c2nc3ccccc3c(=O)[nH]2)c2ccccn2)cc1. The Labute approximate surface area is 167 Å². The lowest BCUT2D eigenvalue weighted by molar-refractivity contribution is 0.0925. The van der Waals surface area contributed by atoms with E-state index in [-0.39, 0.29) is 17.4 Å². The van der Waals surface area contributed by atoms with Crippen LogP contribution in [0.1, 0.15) is 33.5 Å². The van der Waals surface area contributed by atoms with E-state index in [0.717, 1.165) is 11.3 Å². The van der Waals surface area contributed by atoms with Crippen LogP contribution < -0.4 is 10.9 Å². The lowest BCUT2D eigenvalue weighted by Gasteiger charge is -2.18. The van der Waals surface area contributed by atoms with Gasteiger partial charge in [0.2, 0.25) is 0 Å². The molecular formula is C23H20N4O2. The van der Waals surface area contributed by atoms with Crippen LogP contribution >= 0.6 is 0 Å². The molecule has 4 aromatic rings. The van der Waals surface area contributed by atoms with E-state index in [1.165, 1.54) is 5.56 Å². The molecule has 0 radical (unpaired) electrons. The molecule has 2 N–H and O–H groups in total. The summed E-state index contributed by atoms with van der Waals surface area (Å²) in [5, 5.41) is 3.42. The molecule has 6 heteroatoms. The van der Waals surface area contributed by atoms with Gasteiger partial charge in [-0.25, -0.2) is 4.98 Å². The fourth-order valence-electron chi connectivity index (χ4n) is 3.19. The van der Waals surface area contributed by atoms with Gasteiger partial charge in [0, 0.05) is 6.20 Å². The maximum absolute atomic E-state index is 12.9. The smallest absolute Gasteiger partial charge is 0.287 e. The number of nitrogens with zero attached hydrogens (tertiary/aromatic N) is 2. The molecule has 2 aromatic heterocycles. The first-order valence-electron chi connectivity index (χ1n) is 9.36. The average Bonchev–Trinajstić information content (AvgIpc) is 2.75. The van der Waals surface area contributed by atoms with E-state index in [4.69, 9.17) is 0 Å². The number of carbonyl (C=O) groups is 1. The number of nitrogens with one attached hydrogen (secondary N) is 2. The van der Waals surface area contributed by atoms with Crippen LogP contribution in [0.2, 0.25) is 0 Å². The molecule has 0 aliphatic carbocycles. The Hall–Kier alpha value is -3.80. The summed E-state index contributed by atoms with van der Waals surface area (Å²) in [5.41, 5.74) is 3.13. The Morgan fingerprint density at radius 2 is 1.79 bits per heavy atom. The average molecular weight is 384 g/mol. The van der Waals surface area contributed by atoms with Crippen molar-refractivity contribution in [3.05, 3.63) is 106 Å². The number of aryl methyl sites for hydroxylation is 1. The van der Waals surface area contributed by atoms with Crippen molar-refractivity contribution in [3.63, 3.8) is 0 Å². The van der Waals surface area contributed by atoms with Crippen molar-refractivity contribution >= 4 is 16.8 Å². The van der Waals surface area contributed by atoms with Gasteiger partial charge in [-0.15, -0.1) is 0 Å². The number of pyridine rings is 1. The zero-order chi connectivity index (χ0) is 20.2. The topological polar surface area (TPSA) is 87.7 Å². The van der Waals surface area contributed by atoms with Gasteiger partial charge in [-0.2, -0.15) is 0 Å². The minimum atomic E-state index is -0.449. The molecule has 1 atom stereocenters. The van der Waals surface area contributed by atoms with Gasteiger partial charge in [-0.05, 0) is 43.2 Å². The molecule has 0 saturated carbocycles. The largest absolute Gasteiger partial charge is 0.341 e. The number of fused-ring (bicyclic) bond motifs is 1. The van der Waals surface area contributed by atoms with Crippen LogP contribution in [0, 0.1) is 6.92 Å². The number of rotatable bonds is 5.